The van der Waals surface area contributed by atoms with E-state index in [4.69, 9.17) is 18.5 Å². The SMILES string of the molecule is CC/C=C\C/C=C\C/C=C\C/C=C\C/C=C\C/C=C\C/C=C\C/C=C\CCCCCCCCC(=O)OC(COC(=O)CCCCCCCCCCCCCCCCCCCCC/C=C\C/C=C\CCCCCCC)COP(=O)(O)OCC[N+](C)(C)C. The molecule has 0 saturated carbocycles. The second-order valence-electron chi connectivity index (χ2n) is 24.5. The standard InChI is InChI=1S/C76H132NO8P/c1-6-8-10-12-14-16-18-20-22-24-26-28-30-32-34-36-38-40-42-44-46-48-50-52-54-56-58-60-62-64-66-68-75(78)82-72-74(73-84-86(80,81)83-71-70-77(3,4)5)85-76(79)69-67-65-63-61-59-57-55-53-51-49-47-45-43-41-39-37-35-33-31-29-27-25-23-21-19-17-15-13-11-9-7-2/h9,11,15,17-18,20-21,23-24,26-27,29,33,35,39,41,45,47,51,53,74H,6-8,10,12-14,16,19,22,25,28,30-32,34,36-38,40,42-44,46,48-50,52,54-73H2,1-5H3/p+1/b11-9-,17-15-,20-18-,23-21-,26-24-,29-27-,35-33-,41-39-,47-45-,53-51-. The molecule has 0 rings (SSSR count). The van der Waals surface area contributed by atoms with Crippen LogP contribution in [-0.2, 0) is 32.7 Å². The Morgan fingerprint density at radius 3 is 0.988 bits per heavy atom. The van der Waals surface area contributed by atoms with Gasteiger partial charge in [-0.05, 0) is 109 Å². The lowest BCUT2D eigenvalue weighted by Gasteiger charge is -2.24. The van der Waals surface area contributed by atoms with Crippen molar-refractivity contribution in [2.45, 2.75) is 302 Å². The molecule has 0 aromatic heterocycles. The summed E-state index contributed by atoms with van der Waals surface area (Å²) in [5.74, 6) is -0.812. The van der Waals surface area contributed by atoms with Crippen LogP contribution in [0, 0.1) is 0 Å². The maximum absolute atomic E-state index is 12.9. The van der Waals surface area contributed by atoms with Crippen LogP contribution in [0.1, 0.15) is 296 Å². The van der Waals surface area contributed by atoms with Crippen molar-refractivity contribution < 1.29 is 42.1 Å². The van der Waals surface area contributed by atoms with Gasteiger partial charge >= 0.3 is 19.8 Å². The van der Waals surface area contributed by atoms with E-state index in [2.05, 4.69) is 135 Å². The van der Waals surface area contributed by atoms with E-state index in [1.54, 1.807) is 0 Å². The number of esters is 2. The van der Waals surface area contributed by atoms with Crippen molar-refractivity contribution in [3.8, 4) is 0 Å². The molecule has 0 bridgehead atoms. The summed E-state index contributed by atoms with van der Waals surface area (Å²) < 4.78 is 34.7. The molecule has 0 aromatic rings. The lowest BCUT2D eigenvalue weighted by molar-refractivity contribution is -0.870. The zero-order valence-electron chi connectivity index (χ0n) is 56.3. The maximum Gasteiger partial charge on any atom is 0.472 e. The topological polar surface area (TPSA) is 108 Å². The number of rotatable bonds is 64. The second-order valence-corrected chi connectivity index (χ2v) is 26.0. The van der Waals surface area contributed by atoms with Gasteiger partial charge in [0.25, 0.3) is 0 Å². The number of phosphoric ester groups is 1. The molecular weight excluding hydrogens is 1090 g/mol. The Morgan fingerprint density at radius 2 is 0.663 bits per heavy atom. The van der Waals surface area contributed by atoms with Crippen molar-refractivity contribution in [2.24, 2.45) is 0 Å². The van der Waals surface area contributed by atoms with Gasteiger partial charge in [0.1, 0.15) is 19.8 Å². The lowest BCUT2D eigenvalue weighted by Crippen LogP contribution is -2.37. The largest absolute Gasteiger partial charge is 0.472 e. The smallest absolute Gasteiger partial charge is 0.462 e. The van der Waals surface area contributed by atoms with Crippen molar-refractivity contribution in [1.29, 1.82) is 0 Å². The molecule has 0 amide bonds. The second kappa shape index (κ2) is 65.8. The van der Waals surface area contributed by atoms with E-state index in [0.29, 0.717) is 17.4 Å². The molecule has 2 atom stereocenters. The Balaban J connectivity index is 4.11. The molecule has 0 aliphatic carbocycles. The molecular formula is C76H133NO8P+. The first kappa shape index (κ1) is 82.4. The molecule has 10 heteroatoms. The average molecular weight is 1220 g/mol. The van der Waals surface area contributed by atoms with E-state index < -0.39 is 26.5 Å². The molecule has 9 nitrogen and oxygen atoms in total. The van der Waals surface area contributed by atoms with Crippen LogP contribution in [0.25, 0.3) is 0 Å². The fourth-order valence-corrected chi connectivity index (χ4v) is 10.3. The first-order valence-electron chi connectivity index (χ1n) is 35.3. The van der Waals surface area contributed by atoms with Gasteiger partial charge < -0.3 is 18.9 Å². The zero-order chi connectivity index (χ0) is 62.6. The van der Waals surface area contributed by atoms with E-state index in [0.717, 1.165) is 116 Å². The number of carbonyl (C=O) groups excluding carboxylic acids is 2. The third-order valence-corrected chi connectivity index (χ3v) is 16.0. The predicted octanol–water partition coefficient (Wildman–Crippen LogP) is 23.0. The molecule has 0 spiro atoms. The van der Waals surface area contributed by atoms with E-state index in [1.165, 1.54) is 148 Å². The highest BCUT2D eigenvalue weighted by Gasteiger charge is 2.27. The van der Waals surface area contributed by atoms with Crippen molar-refractivity contribution in [3.63, 3.8) is 0 Å². The maximum atomic E-state index is 12.9. The normalized spacial score (nSPS) is 13.9. The van der Waals surface area contributed by atoms with Gasteiger partial charge in [-0.1, -0.05) is 296 Å². The Hall–Kier alpha value is -3.59. The molecule has 0 radical (unpaired) electrons. The summed E-state index contributed by atoms with van der Waals surface area (Å²) in [4.78, 5) is 35.9. The highest BCUT2D eigenvalue weighted by atomic mass is 31.2. The predicted molar refractivity (Wildman–Crippen MR) is 371 cm³/mol. The number of nitrogens with zero attached hydrogens (tertiary/aromatic N) is 1. The van der Waals surface area contributed by atoms with E-state index >= 15 is 0 Å². The first-order valence-corrected chi connectivity index (χ1v) is 36.8. The summed E-state index contributed by atoms with van der Waals surface area (Å²) in [5, 5.41) is 0. The van der Waals surface area contributed by atoms with E-state index in [1.807, 2.05) is 21.1 Å². The lowest BCUT2D eigenvalue weighted by atomic mass is 10.0. The van der Waals surface area contributed by atoms with Gasteiger partial charge in [0.15, 0.2) is 6.10 Å². The summed E-state index contributed by atoms with van der Waals surface area (Å²) in [6.45, 7) is 4.31. The van der Waals surface area contributed by atoms with Gasteiger partial charge in [-0.3, -0.25) is 18.6 Å². The van der Waals surface area contributed by atoms with Gasteiger partial charge in [0.2, 0.25) is 0 Å². The number of carbonyl (C=O) groups is 2. The Kier molecular flexibility index (Phi) is 63.1. The number of phosphoric acid groups is 1. The zero-order valence-corrected chi connectivity index (χ0v) is 57.2. The summed E-state index contributed by atoms with van der Waals surface area (Å²) in [5.41, 5.74) is 0. The third kappa shape index (κ3) is 69.5. The minimum absolute atomic E-state index is 0.0235. The molecule has 0 aromatic carbocycles. The molecule has 86 heavy (non-hydrogen) atoms. The molecule has 494 valence electrons. The fourth-order valence-electron chi connectivity index (χ4n) is 9.59. The Labute approximate surface area is 530 Å². The third-order valence-electron chi connectivity index (χ3n) is 15.0. The monoisotopic (exact) mass is 1220 g/mol. The van der Waals surface area contributed by atoms with E-state index in [-0.39, 0.29) is 32.0 Å². The highest BCUT2D eigenvalue weighted by molar-refractivity contribution is 7.47. The van der Waals surface area contributed by atoms with Crippen molar-refractivity contribution in [2.75, 3.05) is 47.5 Å². The fraction of sp³-hybridized carbons (Fsp3) is 0.711. The van der Waals surface area contributed by atoms with Gasteiger partial charge in [-0.2, -0.15) is 0 Å². The molecule has 0 fully saturated rings. The number of ether oxygens (including phenoxy) is 2. The quantitative estimate of drug-likeness (QED) is 0.0211. The minimum atomic E-state index is -4.40. The first-order chi connectivity index (χ1) is 42.0. The molecule has 2 unspecified atom stereocenters. The van der Waals surface area contributed by atoms with Crippen LogP contribution in [0.2, 0.25) is 0 Å². The van der Waals surface area contributed by atoms with Gasteiger partial charge in [-0.15, -0.1) is 0 Å². The van der Waals surface area contributed by atoms with Crippen LogP contribution in [0.15, 0.2) is 122 Å². The average Bonchev–Trinajstić information content (AvgIpc) is 3.56. The molecule has 0 aliphatic heterocycles. The number of allylic oxidation sites excluding steroid dienone is 20. The summed E-state index contributed by atoms with van der Waals surface area (Å²) >= 11 is 0. The van der Waals surface area contributed by atoms with Crippen molar-refractivity contribution >= 4 is 19.8 Å². The Morgan fingerprint density at radius 1 is 0.372 bits per heavy atom. The van der Waals surface area contributed by atoms with Crippen molar-refractivity contribution in [1.82, 2.24) is 0 Å². The molecule has 1 N–H and O–H groups in total. The summed E-state index contributed by atoms with van der Waals surface area (Å²) in [6, 6.07) is 0. The number of hydrogen-bond acceptors (Lipinski definition) is 7. The van der Waals surface area contributed by atoms with Crippen LogP contribution in [-0.4, -0.2) is 74.9 Å². The number of hydrogen-bond donors (Lipinski definition) is 1. The van der Waals surface area contributed by atoms with Crippen LogP contribution in [0.3, 0.4) is 0 Å². The summed E-state index contributed by atoms with van der Waals surface area (Å²) in [6.07, 6.45) is 94.4. The number of unbranched alkanes of at least 4 members (excludes halogenated alkanes) is 30. The van der Waals surface area contributed by atoms with Crippen LogP contribution in [0.4, 0.5) is 0 Å². The van der Waals surface area contributed by atoms with Gasteiger partial charge in [0, 0.05) is 12.8 Å². The van der Waals surface area contributed by atoms with Gasteiger partial charge in [0.05, 0.1) is 27.7 Å². The van der Waals surface area contributed by atoms with E-state index in [9.17, 15) is 19.0 Å². The van der Waals surface area contributed by atoms with Crippen molar-refractivity contribution in [3.05, 3.63) is 122 Å². The highest BCUT2D eigenvalue weighted by Crippen LogP contribution is 2.43. The van der Waals surface area contributed by atoms with Gasteiger partial charge in [-0.25, -0.2) is 4.57 Å². The van der Waals surface area contributed by atoms with Crippen LogP contribution < -0.4 is 0 Å². The Bertz CT molecular complexity index is 1870. The van der Waals surface area contributed by atoms with Crippen LogP contribution in [0.5, 0.6) is 0 Å². The molecule has 0 heterocycles. The minimum Gasteiger partial charge on any atom is -0.462 e. The molecule has 0 saturated heterocycles. The van der Waals surface area contributed by atoms with Crippen LogP contribution >= 0.6 is 7.82 Å². The molecule has 0 aliphatic rings. The summed E-state index contributed by atoms with van der Waals surface area (Å²) in [7, 11) is 1.46. The number of quaternary nitrogens is 1. The number of likely N-dealkylation sites (N-methyl/N-ethyl adjacent to an activating group) is 1.